The van der Waals surface area contributed by atoms with Gasteiger partial charge in [0.15, 0.2) is 16.6 Å². The predicted molar refractivity (Wildman–Crippen MR) is 69.7 cm³/mol. The summed E-state index contributed by atoms with van der Waals surface area (Å²) in [5, 5.41) is 10.7. The van der Waals surface area contributed by atoms with Gasteiger partial charge in [-0.3, -0.25) is 0 Å². The average molecular weight is 280 g/mol. The van der Waals surface area contributed by atoms with Crippen LogP contribution in [0.2, 0.25) is 0 Å². The average Bonchev–Trinajstić information content (AvgIpc) is 3.04. The minimum Gasteiger partial charge on any atom is -0.493 e. The highest BCUT2D eigenvalue weighted by Gasteiger charge is 2.23. The highest BCUT2D eigenvalue weighted by atomic mass is 32.1. The van der Waals surface area contributed by atoms with E-state index in [1.54, 1.807) is 18.3 Å². The maximum absolute atomic E-state index is 10.3. The van der Waals surface area contributed by atoms with Crippen molar-refractivity contribution in [2.24, 2.45) is 0 Å². The topological polar surface area (TPSA) is 86.8 Å². The number of ether oxygens (including phenoxy) is 3. The summed E-state index contributed by atoms with van der Waals surface area (Å²) in [4.78, 5) is 4.59. The fourth-order valence-corrected chi connectivity index (χ4v) is 2.60. The van der Waals surface area contributed by atoms with E-state index in [0.29, 0.717) is 32.8 Å². The van der Waals surface area contributed by atoms with Gasteiger partial charge in [0.1, 0.15) is 6.10 Å². The normalized spacial score (nSPS) is 14.4. The zero-order valence-corrected chi connectivity index (χ0v) is 10.9. The van der Waals surface area contributed by atoms with Gasteiger partial charge >= 0.3 is 0 Å². The Labute approximate surface area is 113 Å². The van der Waals surface area contributed by atoms with Gasteiger partial charge in [0, 0.05) is 6.20 Å². The maximum Gasteiger partial charge on any atom is 0.231 e. The van der Waals surface area contributed by atoms with E-state index >= 15 is 0 Å². The van der Waals surface area contributed by atoms with Gasteiger partial charge < -0.3 is 25.1 Å². The molecule has 1 atom stereocenters. The fourth-order valence-electron chi connectivity index (χ4n) is 1.90. The number of aromatic nitrogens is 1. The number of thiazole rings is 1. The monoisotopic (exact) mass is 280 g/mol. The fraction of sp³-hybridized carbons (Fsp3) is 0.250. The lowest BCUT2D eigenvalue weighted by Gasteiger charge is -2.12. The molecule has 0 bridgehead atoms. The molecule has 1 unspecified atom stereocenters. The van der Waals surface area contributed by atoms with Crippen molar-refractivity contribution in [2.75, 3.05) is 19.6 Å². The third kappa shape index (κ3) is 2.06. The Balaban J connectivity index is 2.01. The standard InChI is InChI=1S/C12H12N2O4S/c1-16-7-2-6(3-8-11(7)18-5-17-8)10(15)9-4-14-12(13)19-9/h2-4,10,15H,5H2,1H3,(H2,13,14). The van der Waals surface area contributed by atoms with Crippen LogP contribution >= 0.6 is 11.3 Å². The Morgan fingerprint density at radius 2 is 2.32 bits per heavy atom. The summed E-state index contributed by atoms with van der Waals surface area (Å²) in [5.41, 5.74) is 6.21. The molecule has 0 amide bonds. The quantitative estimate of drug-likeness (QED) is 0.887. The number of nitrogens with two attached hydrogens (primary N) is 1. The maximum atomic E-state index is 10.3. The minimum atomic E-state index is -0.821. The molecule has 1 aromatic carbocycles. The second-order valence-electron chi connectivity index (χ2n) is 3.96. The molecule has 2 heterocycles. The molecule has 3 rings (SSSR count). The van der Waals surface area contributed by atoms with Gasteiger partial charge in [0.05, 0.1) is 12.0 Å². The molecule has 100 valence electrons. The Bertz CT molecular complexity index is 614. The number of hydrogen-bond donors (Lipinski definition) is 2. The Morgan fingerprint density at radius 1 is 1.47 bits per heavy atom. The van der Waals surface area contributed by atoms with Crippen molar-refractivity contribution in [3.05, 3.63) is 28.8 Å². The van der Waals surface area contributed by atoms with Crippen molar-refractivity contribution < 1.29 is 19.3 Å². The third-order valence-corrected chi connectivity index (χ3v) is 3.69. The summed E-state index contributed by atoms with van der Waals surface area (Å²) in [6, 6.07) is 3.44. The van der Waals surface area contributed by atoms with E-state index in [4.69, 9.17) is 19.9 Å². The number of nitrogens with zero attached hydrogens (tertiary/aromatic N) is 1. The van der Waals surface area contributed by atoms with Crippen LogP contribution in [0.15, 0.2) is 18.3 Å². The zero-order chi connectivity index (χ0) is 13.4. The summed E-state index contributed by atoms with van der Waals surface area (Å²) in [6.07, 6.45) is 0.736. The molecule has 3 N–H and O–H groups in total. The molecule has 19 heavy (non-hydrogen) atoms. The van der Waals surface area contributed by atoms with Crippen molar-refractivity contribution in [3.63, 3.8) is 0 Å². The summed E-state index contributed by atoms with van der Waals surface area (Å²) in [5.74, 6) is 1.65. The van der Waals surface area contributed by atoms with E-state index in [2.05, 4.69) is 4.98 Å². The van der Waals surface area contributed by atoms with Crippen molar-refractivity contribution in [1.29, 1.82) is 0 Å². The second kappa shape index (κ2) is 4.60. The molecule has 0 saturated heterocycles. The van der Waals surface area contributed by atoms with Crippen LogP contribution in [0, 0.1) is 0 Å². The van der Waals surface area contributed by atoms with Crippen LogP contribution in [0.4, 0.5) is 5.13 Å². The molecule has 6 nitrogen and oxygen atoms in total. The largest absolute Gasteiger partial charge is 0.493 e. The SMILES string of the molecule is COc1cc(C(O)c2cnc(N)s2)cc2c1OCO2. The summed E-state index contributed by atoms with van der Waals surface area (Å²) < 4.78 is 15.9. The number of rotatable bonds is 3. The van der Waals surface area contributed by atoms with Crippen LogP contribution in [-0.4, -0.2) is 24.0 Å². The van der Waals surface area contributed by atoms with Crippen LogP contribution in [0.5, 0.6) is 17.2 Å². The van der Waals surface area contributed by atoms with Crippen LogP contribution in [0.1, 0.15) is 16.5 Å². The number of aliphatic hydroxyl groups is 1. The lowest BCUT2D eigenvalue weighted by molar-refractivity contribution is 0.171. The Hall–Kier alpha value is -1.99. The molecule has 1 aliphatic rings. The number of benzene rings is 1. The van der Waals surface area contributed by atoms with Crippen LogP contribution in [-0.2, 0) is 0 Å². The van der Waals surface area contributed by atoms with E-state index in [9.17, 15) is 5.11 Å². The molecule has 0 radical (unpaired) electrons. The summed E-state index contributed by atoms with van der Waals surface area (Å²) in [6.45, 7) is 0.152. The molecule has 0 fully saturated rings. The molecule has 0 saturated carbocycles. The second-order valence-corrected chi connectivity index (χ2v) is 5.05. The Kier molecular flexibility index (Phi) is 2.92. The van der Waals surface area contributed by atoms with E-state index < -0.39 is 6.10 Å². The van der Waals surface area contributed by atoms with E-state index in [1.807, 2.05) is 0 Å². The van der Waals surface area contributed by atoms with Crippen molar-refractivity contribution >= 4 is 16.5 Å². The third-order valence-electron chi connectivity index (χ3n) is 2.81. The molecule has 2 aromatic rings. The molecular weight excluding hydrogens is 268 g/mol. The first-order chi connectivity index (χ1) is 9.19. The van der Waals surface area contributed by atoms with Gasteiger partial charge in [-0.15, -0.1) is 0 Å². The lowest BCUT2D eigenvalue weighted by Crippen LogP contribution is -1.98. The molecule has 1 aliphatic heterocycles. The van der Waals surface area contributed by atoms with Gasteiger partial charge in [0.2, 0.25) is 12.5 Å². The van der Waals surface area contributed by atoms with Gasteiger partial charge in [-0.25, -0.2) is 4.98 Å². The highest BCUT2D eigenvalue weighted by molar-refractivity contribution is 7.15. The predicted octanol–water partition coefficient (Wildman–Crippen LogP) is 1.54. The van der Waals surface area contributed by atoms with Crippen molar-refractivity contribution in [2.45, 2.75) is 6.10 Å². The van der Waals surface area contributed by atoms with E-state index in [-0.39, 0.29) is 6.79 Å². The smallest absolute Gasteiger partial charge is 0.231 e. The molecule has 0 spiro atoms. The number of methoxy groups -OCH3 is 1. The first kappa shape index (κ1) is 12.1. The summed E-state index contributed by atoms with van der Waals surface area (Å²) in [7, 11) is 1.54. The number of aliphatic hydroxyl groups excluding tert-OH is 1. The Morgan fingerprint density at radius 3 is 3.00 bits per heavy atom. The minimum absolute atomic E-state index is 0.152. The van der Waals surface area contributed by atoms with Crippen LogP contribution < -0.4 is 19.9 Å². The van der Waals surface area contributed by atoms with Gasteiger partial charge in [0.25, 0.3) is 0 Å². The molecular formula is C12H12N2O4S. The molecule has 7 heteroatoms. The van der Waals surface area contributed by atoms with Crippen LogP contribution in [0.3, 0.4) is 0 Å². The number of anilines is 1. The number of hydrogen-bond acceptors (Lipinski definition) is 7. The first-order valence-electron chi connectivity index (χ1n) is 5.56. The van der Waals surface area contributed by atoms with Gasteiger partial charge in [-0.05, 0) is 17.7 Å². The van der Waals surface area contributed by atoms with Gasteiger partial charge in [-0.2, -0.15) is 0 Å². The zero-order valence-electron chi connectivity index (χ0n) is 10.1. The van der Waals surface area contributed by atoms with Crippen LogP contribution in [0.25, 0.3) is 0 Å². The number of nitrogen functional groups attached to an aromatic ring is 1. The molecule has 1 aromatic heterocycles. The van der Waals surface area contributed by atoms with Crippen molar-refractivity contribution in [3.8, 4) is 17.2 Å². The highest BCUT2D eigenvalue weighted by Crippen LogP contribution is 2.44. The van der Waals surface area contributed by atoms with Gasteiger partial charge in [-0.1, -0.05) is 11.3 Å². The molecule has 0 aliphatic carbocycles. The summed E-state index contributed by atoms with van der Waals surface area (Å²) >= 11 is 1.24. The first-order valence-corrected chi connectivity index (χ1v) is 6.37. The number of fused-ring (bicyclic) bond motifs is 1. The lowest BCUT2D eigenvalue weighted by atomic mass is 10.1. The van der Waals surface area contributed by atoms with E-state index in [1.165, 1.54) is 18.4 Å². The van der Waals surface area contributed by atoms with Crippen molar-refractivity contribution in [1.82, 2.24) is 4.98 Å². The van der Waals surface area contributed by atoms with E-state index in [0.717, 1.165) is 0 Å².